The Balaban J connectivity index is 1.66. The highest BCUT2D eigenvalue weighted by Gasteiger charge is 2.29. The van der Waals surface area contributed by atoms with Crippen molar-refractivity contribution in [2.45, 2.75) is 44.4 Å². The molecule has 0 aliphatic carbocycles. The number of benzene rings is 3. The molecule has 5 nitrogen and oxygen atoms in total. The van der Waals surface area contributed by atoms with Crippen LogP contribution in [-0.4, -0.2) is 20.9 Å². The molecule has 1 aliphatic heterocycles. The van der Waals surface area contributed by atoms with Crippen molar-refractivity contribution in [1.82, 2.24) is 0 Å². The van der Waals surface area contributed by atoms with E-state index in [9.17, 15) is 13.2 Å². The number of hydrogen-bond acceptors (Lipinski definition) is 3. The van der Waals surface area contributed by atoms with Gasteiger partial charge < -0.3 is 5.32 Å². The van der Waals surface area contributed by atoms with Crippen molar-refractivity contribution >= 4 is 27.3 Å². The summed E-state index contributed by atoms with van der Waals surface area (Å²) in [5, 5.41) is 3.00. The molecule has 3 aromatic carbocycles. The summed E-state index contributed by atoms with van der Waals surface area (Å²) in [7, 11) is -3.78. The van der Waals surface area contributed by atoms with Crippen LogP contribution < -0.4 is 9.62 Å². The van der Waals surface area contributed by atoms with Crippen molar-refractivity contribution < 1.29 is 13.2 Å². The van der Waals surface area contributed by atoms with Gasteiger partial charge in [-0.05, 0) is 66.6 Å². The van der Waals surface area contributed by atoms with Crippen LogP contribution in [-0.2, 0) is 16.4 Å². The number of carbonyl (C=O) groups excluding carboxylic acids is 1. The van der Waals surface area contributed by atoms with Crippen LogP contribution in [0.4, 0.5) is 11.4 Å². The number of anilines is 2. The summed E-state index contributed by atoms with van der Waals surface area (Å²) in [6.07, 6.45) is 1.63. The second-order valence-electron chi connectivity index (χ2n) is 8.49. The third-order valence-corrected chi connectivity index (χ3v) is 7.73. The molecule has 0 unspecified atom stereocenters. The van der Waals surface area contributed by atoms with Gasteiger partial charge in [0.1, 0.15) is 0 Å². The quantitative estimate of drug-likeness (QED) is 0.559. The fourth-order valence-electron chi connectivity index (χ4n) is 4.20. The minimum Gasteiger partial charge on any atom is -0.321 e. The van der Waals surface area contributed by atoms with Crippen LogP contribution >= 0.6 is 0 Å². The molecule has 0 radical (unpaired) electrons. The van der Waals surface area contributed by atoms with E-state index in [1.165, 1.54) is 10.4 Å². The summed E-state index contributed by atoms with van der Waals surface area (Å²) in [5.41, 5.74) is 4.86. The molecule has 6 heteroatoms. The molecule has 32 heavy (non-hydrogen) atoms. The zero-order chi connectivity index (χ0) is 22.9. The Hall–Kier alpha value is -3.12. The monoisotopic (exact) mass is 448 g/mol. The Morgan fingerprint density at radius 2 is 1.75 bits per heavy atom. The molecule has 0 bridgehead atoms. The van der Waals surface area contributed by atoms with E-state index in [0.717, 1.165) is 40.9 Å². The average Bonchev–Trinajstić information content (AvgIpc) is 2.79. The molecule has 0 atom stereocenters. The lowest BCUT2D eigenvalue weighted by Gasteiger charge is -2.30. The second kappa shape index (κ2) is 8.79. The van der Waals surface area contributed by atoms with Gasteiger partial charge >= 0.3 is 0 Å². The summed E-state index contributed by atoms with van der Waals surface area (Å²) in [6, 6.07) is 19.8. The maximum atomic E-state index is 13.5. The fourth-order valence-corrected chi connectivity index (χ4v) is 5.79. The Bertz CT molecular complexity index is 1270. The zero-order valence-electron chi connectivity index (χ0n) is 18.6. The first kappa shape index (κ1) is 22.1. The van der Waals surface area contributed by atoms with E-state index in [0.29, 0.717) is 12.1 Å². The van der Waals surface area contributed by atoms with Crippen molar-refractivity contribution in [3.05, 3.63) is 89.0 Å². The SMILES string of the molecule is Cc1cccc(C(C)C)c1NC(=O)c1cccc(S(=O)(=O)N2CCCc3ccccc32)c1. The summed E-state index contributed by atoms with van der Waals surface area (Å²) in [4.78, 5) is 13.2. The van der Waals surface area contributed by atoms with E-state index in [1.807, 2.05) is 49.4 Å². The number of nitrogens with zero attached hydrogens (tertiary/aromatic N) is 1. The van der Waals surface area contributed by atoms with Crippen molar-refractivity contribution in [2.75, 3.05) is 16.2 Å². The summed E-state index contributed by atoms with van der Waals surface area (Å²) < 4.78 is 28.4. The molecule has 1 heterocycles. The van der Waals surface area contributed by atoms with Gasteiger partial charge in [-0.2, -0.15) is 0 Å². The Kier molecular flexibility index (Phi) is 6.07. The number of para-hydroxylation sites is 2. The van der Waals surface area contributed by atoms with Gasteiger partial charge in [-0.3, -0.25) is 9.10 Å². The van der Waals surface area contributed by atoms with Gasteiger partial charge in [0, 0.05) is 17.8 Å². The Morgan fingerprint density at radius 3 is 2.53 bits per heavy atom. The van der Waals surface area contributed by atoms with Gasteiger partial charge in [0.05, 0.1) is 10.6 Å². The van der Waals surface area contributed by atoms with Crippen molar-refractivity contribution in [1.29, 1.82) is 0 Å². The molecule has 3 aromatic rings. The summed E-state index contributed by atoms with van der Waals surface area (Å²) in [5.74, 6) is -0.0756. The highest BCUT2D eigenvalue weighted by atomic mass is 32.2. The second-order valence-corrected chi connectivity index (χ2v) is 10.3. The zero-order valence-corrected chi connectivity index (χ0v) is 19.4. The smallest absolute Gasteiger partial charge is 0.264 e. The highest BCUT2D eigenvalue weighted by molar-refractivity contribution is 7.92. The van der Waals surface area contributed by atoms with Crippen LogP contribution in [0.5, 0.6) is 0 Å². The lowest BCUT2D eigenvalue weighted by molar-refractivity contribution is 0.102. The predicted octanol–water partition coefficient (Wildman–Crippen LogP) is 5.51. The van der Waals surface area contributed by atoms with E-state index in [1.54, 1.807) is 18.2 Å². The summed E-state index contributed by atoms with van der Waals surface area (Å²) >= 11 is 0. The minimum absolute atomic E-state index is 0.121. The Morgan fingerprint density at radius 1 is 1.00 bits per heavy atom. The first-order valence-corrected chi connectivity index (χ1v) is 12.3. The van der Waals surface area contributed by atoms with Gasteiger partial charge in [-0.15, -0.1) is 0 Å². The lowest BCUT2D eigenvalue weighted by atomic mass is 9.98. The predicted molar refractivity (Wildman–Crippen MR) is 129 cm³/mol. The third-order valence-electron chi connectivity index (χ3n) is 5.92. The number of sulfonamides is 1. The maximum Gasteiger partial charge on any atom is 0.264 e. The molecule has 0 aromatic heterocycles. The molecule has 1 aliphatic rings. The topological polar surface area (TPSA) is 66.5 Å². The lowest BCUT2D eigenvalue weighted by Crippen LogP contribution is -2.35. The van der Waals surface area contributed by atoms with Crippen LogP contribution in [0.1, 0.15) is 53.2 Å². The first-order valence-electron chi connectivity index (χ1n) is 10.9. The average molecular weight is 449 g/mol. The van der Waals surface area contributed by atoms with Crippen molar-refractivity contribution in [3.8, 4) is 0 Å². The van der Waals surface area contributed by atoms with Crippen molar-refractivity contribution in [2.24, 2.45) is 0 Å². The molecule has 1 N–H and O–H groups in total. The normalized spacial score (nSPS) is 13.7. The fraction of sp³-hybridized carbons (Fsp3) is 0.269. The molecule has 166 valence electrons. The Labute approximate surface area is 190 Å². The molecule has 0 spiro atoms. The van der Waals surface area contributed by atoms with Gasteiger partial charge in [-0.1, -0.05) is 56.3 Å². The van der Waals surface area contributed by atoms with Crippen LogP contribution in [0.2, 0.25) is 0 Å². The van der Waals surface area contributed by atoms with E-state index in [4.69, 9.17) is 0 Å². The first-order chi connectivity index (χ1) is 15.3. The highest BCUT2D eigenvalue weighted by Crippen LogP contribution is 2.32. The van der Waals surface area contributed by atoms with Crippen LogP contribution in [0.3, 0.4) is 0 Å². The van der Waals surface area contributed by atoms with Gasteiger partial charge in [-0.25, -0.2) is 8.42 Å². The number of hydrogen-bond donors (Lipinski definition) is 1. The van der Waals surface area contributed by atoms with Crippen LogP contribution in [0.15, 0.2) is 71.6 Å². The molecule has 0 saturated heterocycles. The van der Waals surface area contributed by atoms with Gasteiger partial charge in [0.15, 0.2) is 0 Å². The van der Waals surface area contributed by atoms with Gasteiger partial charge in [0.25, 0.3) is 15.9 Å². The van der Waals surface area contributed by atoms with Crippen molar-refractivity contribution in [3.63, 3.8) is 0 Å². The van der Waals surface area contributed by atoms with E-state index < -0.39 is 10.0 Å². The summed E-state index contributed by atoms with van der Waals surface area (Å²) in [6.45, 7) is 6.54. The maximum absolute atomic E-state index is 13.5. The van der Waals surface area contributed by atoms with E-state index in [2.05, 4.69) is 19.2 Å². The van der Waals surface area contributed by atoms with E-state index in [-0.39, 0.29) is 16.7 Å². The number of nitrogens with one attached hydrogen (secondary N) is 1. The molecule has 1 amide bonds. The van der Waals surface area contributed by atoms with E-state index >= 15 is 0 Å². The molecule has 4 rings (SSSR count). The molecule has 0 fully saturated rings. The number of fused-ring (bicyclic) bond motifs is 1. The largest absolute Gasteiger partial charge is 0.321 e. The van der Waals surface area contributed by atoms with Crippen LogP contribution in [0, 0.1) is 6.92 Å². The van der Waals surface area contributed by atoms with Crippen LogP contribution in [0.25, 0.3) is 0 Å². The molecular formula is C26H28N2O3S. The molecular weight excluding hydrogens is 420 g/mol. The number of rotatable bonds is 5. The minimum atomic E-state index is -3.78. The third kappa shape index (κ3) is 4.15. The standard InChI is InChI=1S/C26H28N2O3S/c1-18(2)23-14-6-9-19(3)25(23)27-26(29)21-11-7-13-22(17-21)32(30,31)28-16-8-12-20-10-4-5-15-24(20)28/h4-7,9-11,13-15,17-18H,8,12,16H2,1-3H3,(H,27,29). The number of amides is 1. The van der Waals surface area contributed by atoms with Gasteiger partial charge in [0.2, 0.25) is 0 Å². The molecule has 0 saturated carbocycles. The number of carbonyl (C=O) groups is 1. The number of aryl methyl sites for hydroxylation is 2.